The maximum absolute atomic E-state index is 13.2. The van der Waals surface area contributed by atoms with E-state index in [9.17, 15) is 18.0 Å². The molecule has 272 valence electrons. The Morgan fingerprint density at radius 1 is 0.958 bits per heavy atom. The van der Waals surface area contributed by atoms with E-state index in [0.717, 1.165) is 50.2 Å². The maximum Gasteiger partial charge on any atom is 0.466 e. The van der Waals surface area contributed by atoms with Crippen LogP contribution < -0.4 is 0 Å². The van der Waals surface area contributed by atoms with E-state index in [0.29, 0.717) is 36.6 Å². The lowest BCUT2D eigenvalue weighted by Gasteiger charge is -2.52. The monoisotopic (exact) mass is 729 g/mol. The van der Waals surface area contributed by atoms with Gasteiger partial charge < -0.3 is 39.0 Å². The molecule has 6 N–H and O–H groups in total. The smallest absolute Gasteiger partial charge is 0.383 e. The number of piperazine rings is 1. The second-order valence-corrected chi connectivity index (χ2v) is 13.9. The number of likely N-dealkylation sites (tertiary alicyclic amines) is 1. The molecule has 2 aliphatic rings. The van der Waals surface area contributed by atoms with Crippen LogP contribution >= 0.6 is 15.6 Å². The third-order valence-corrected chi connectivity index (χ3v) is 8.36. The molecule has 0 spiro atoms. The molecule has 0 aliphatic carbocycles. The van der Waals surface area contributed by atoms with Gasteiger partial charge in [-0.05, 0) is 58.2 Å². The van der Waals surface area contributed by atoms with E-state index < -0.39 is 27.4 Å². The number of halogens is 3. The van der Waals surface area contributed by atoms with E-state index in [1.165, 1.54) is 6.33 Å². The van der Waals surface area contributed by atoms with Gasteiger partial charge in [-0.3, -0.25) is 14.6 Å². The molecule has 3 heterocycles. The summed E-state index contributed by atoms with van der Waals surface area (Å²) in [6.07, 6.45) is -1.12. The maximum atomic E-state index is 13.2. The summed E-state index contributed by atoms with van der Waals surface area (Å²) in [6, 6.07) is 5.52. The average Bonchev–Trinajstić information content (AvgIpc) is 2.94. The molecule has 20 heteroatoms. The molecule has 2 fully saturated rings. The summed E-state index contributed by atoms with van der Waals surface area (Å²) in [5.41, 5.74) is 2.18. The fourth-order valence-corrected chi connectivity index (χ4v) is 5.93. The van der Waals surface area contributed by atoms with Crippen molar-refractivity contribution in [3.05, 3.63) is 58.7 Å². The summed E-state index contributed by atoms with van der Waals surface area (Å²) in [5, 5.41) is 0. The largest absolute Gasteiger partial charge is 0.466 e. The third kappa shape index (κ3) is 13.2. The van der Waals surface area contributed by atoms with Crippen LogP contribution in [0.25, 0.3) is 0 Å². The van der Waals surface area contributed by atoms with Crippen molar-refractivity contribution in [3.8, 4) is 0 Å². The number of hydrogen-bond donors (Lipinski definition) is 6. The molecule has 0 bridgehead atoms. The van der Waals surface area contributed by atoms with Crippen molar-refractivity contribution in [2.45, 2.75) is 64.3 Å². The van der Waals surface area contributed by atoms with Crippen LogP contribution in [0.4, 0.5) is 13.2 Å². The van der Waals surface area contributed by atoms with Gasteiger partial charge in [0.05, 0.1) is 35.2 Å². The summed E-state index contributed by atoms with van der Waals surface area (Å²) in [7, 11) is -7.65. The zero-order chi connectivity index (χ0) is 36.7. The Kier molecular flexibility index (Phi) is 14.9. The zero-order valence-corrected chi connectivity index (χ0v) is 29.1. The van der Waals surface area contributed by atoms with Crippen LogP contribution in [0.1, 0.15) is 65.6 Å². The van der Waals surface area contributed by atoms with Crippen molar-refractivity contribution in [1.29, 1.82) is 0 Å². The third-order valence-electron chi connectivity index (χ3n) is 8.36. The number of methoxy groups -OCH3 is 1. The molecule has 48 heavy (non-hydrogen) atoms. The number of carbonyl (C=O) groups excluding carboxylic acids is 1. The first-order valence-corrected chi connectivity index (χ1v) is 17.9. The number of amides is 1. The lowest BCUT2D eigenvalue weighted by atomic mass is 9.86. The molecule has 2 saturated heterocycles. The van der Waals surface area contributed by atoms with Gasteiger partial charge in [0.15, 0.2) is 0 Å². The van der Waals surface area contributed by atoms with Crippen LogP contribution in [0, 0.1) is 13.8 Å². The fourth-order valence-electron chi connectivity index (χ4n) is 5.93. The van der Waals surface area contributed by atoms with Crippen LogP contribution in [0.3, 0.4) is 0 Å². The number of carbonyl (C=O) groups is 1. The molecule has 0 saturated carbocycles. The lowest BCUT2D eigenvalue weighted by molar-refractivity contribution is -0.137. The Labute approximate surface area is 276 Å². The van der Waals surface area contributed by atoms with Gasteiger partial charge >= 0.3 is 21.8 Å². The summed E-state index contributed by atoms with van der Waals surface area (Å²) >= 11 is 0. The van der Waals surface area contributed by atoms with Crippen LogP contribution in [0.15, 0.2) is 30.6 Å². The Balaban J connectivity index is 0.000000700. The van der Waals surface area contributed by atoms with Crippen molar-refractivity contribution in [1.82, 2.24) is 24.7 Å². The number of alkyl halides is 3. The van der Waals surface area contributed by atoms with E-state index >= 15 is 0 Å². The minimum Gasteiger partial charge on any atom is -0.383 e. The van der Waals surface area contributed by atoms with E-state index in [2.05, 4.69) is 33.6 Å². The quantitative estimate of drug-likeness (QED) is 0.236. The molecular formula is C28H44F3N5O10P2. The van der Waals surface area contributed by atoms with Crippen molar-refractivity contribution in [2.75, 3.05) is 46.4 Å². The Morgan fingerprint density at radius 2 is 1.44 bits per heavy atom. The van der Waals surface area contributed by atoms with Gasteiger partial charge in [0.1, 0.15) is 6.33 Å². The standard InChI is InChI=1S/C28H38F3N5O2.2H3O4P/c1-19-16-35(14-15-36(19)24(17-38-5)22-6-8-23(9-7-22)28(29,30)31)27(4)10-12-34(13-11-27)26(37)25-20(2)32-18-33-21(25)3;2*1-5(2,3)4/h6-9,18-19,24H,10-17H2,1-5H3;2*(H3,1,2,3,4)/t19-,24-;;/m0../s1. The molecule has 0 unspecified atom stereocenters. The van der Waals surface area contributed by atoms with Crippen molar-refractivity contribution < 1.29 is 61.2 Å². The highest BCUT2D eigenvalue weighted by atomic mass is 31.2. The first-order chi connectivity index (χ1) is 21.9. The summed E-state index contributed by atoms with van der Waals surface area (Å²) in [4.78, 5) is 71.5. The van der Waals surface area contributed by atoms with Gasteiger partial charge in [-0.2, -0.15) is 13.2 Å². The van der Waals surface area contributed by atoms with Crippen LogP contribution in [-0.4, -0.2) is 118 Å². The minimum atomic E-state index is -4.64. The number of benzene rings is 1. The topological polar surface area (TPSA) is 217 Å². The molecule has 1 aromatic heterocycles. The second kappa shape index (κ2) is 17.1. The Morgan fingerprint density at radius 3 is 1.85 bits per heavy atom. The number of aromatic nitrogens is 2. The highest BCUT2D eigenvalue weighted by Crippen LogP contribution is 2.35. The fraction of sp³-hybridized carbons (Fsp3) is 0.607. The van der Waals surface area contributed by atoms with Gasteiger partial charge in [0.2, 0.25) is 0 Å². The molecule has 4 rings (SSSR count). The number of phosphoric acid groups is 2. The van der Waals surface area contributed by atoms with E-state index in [1.807, 2.05) is 18.7 Å². The predicted octanol–water partition coefficient (Wildman–Crippen LogP) is 2.64. The molecule has 2 aromatic rings. The van der Waals surface area contributed by atoms with E-state index in [-0.39, 0.29) is 23.5 Å². The number of piperidine rings is 1. The normalized spacial score (nSPS) is 19.8. The van der Waals surface area contributed by atoms with Crippen molar-refractivity contribution in [2.24, 2.45) is 0 Å². The first-order valence-electron chi connectivity index (χ1n) is 14.8. The molecular weight excluding hydrogens is 685 g/mol. The predicted molar refractivity (Wildman–Crippen MR) is 167 cm³/mol. The number of hydrogen-bond acceptors (Lipinski definition) is 8. The molecule has 0 radical (unpaired) electrons. The van der Waals surface area contributed by atoms with Gasteiger partial charge in [0.25, 0.3) is 5.91 Å². The van der Waals surface area contributed by atoms with Crippen molar-refractivity contribution in [3.63, 3.8) is 0 Å². The van der Waals surface area contributed by atoms with E-state index in [4.69, 9.17) is 43.2 Å². The van der Waals surface area contributed by atoms with Gasteiger partial charge in [-0.15, -0.1) is 0 Å². The first kappa shape index (κ1) is 41.8. The molecule has 1 amide bonds. The van der Waals surface area contributed by atoms with Crippen LogP contribution in [0.2, 0.25) is 0 Å². The van der Waals surface area contributed by atoms with Gasteiger partial charge in [0, 0.05) is 51.4 Å². The second-order valence-electron chi connectivity index (χ2n) is 11.9. The highest BCUT2D eigenvalue weighted by Gasteiger charge is 2.41. The highest BCUT2D eigenvalue weighted by molar-refractivity contribution is 7.45. The molecule has 2 atom stereocenters. The minimum absolute atomic E-state index is 0.000198. The summed E-state index contributed by atoms with van der Waals surface area (Å²) < 4.78 is 62.4. The molecule has 15 nitrogen and oxygen atoms in total. The Hall–Kier alpha value is -2.34. The number of aryl methyl sites for hydroxylation is 2. The zero-order valence-electron chi connectivity index (χ0n) is 27.3. The number of ether oxygens (including phenoxy) is 1. The van der Waals surface area contributed by atoms with Gasteiger partial charge in [-0.1, -0.05) is 12.1 Å². The SMILES string of the molecule is COC[C@@H](c1ccc(C(F)(F)F)cc1)N1CCN(C2(C)CCN(C(=O)c3c(C)ncnc3C)CC2)C[C@@H]1C.O=P(O)(O)O.O=P(O)(O)O. The van der Waals surface area contributed by atoms with E-state index in [1.54, 1.807) is 19.2 Å². The molecule has 1 aromatic carbocycles. The van der Waals surface area contributed by atoms with Crippen LogP contribution in [-0.2, 0) is 20.0 Å². The van der Waals surface area contributed by atoms with Gasteiger partial charge in [-0.25, -0.2) is 19.1 Å². The Bertz CT molecular complexity index is 1390. The average molecular weight is 730 g/mol. The number of rotatable bonds is 6. The summed E-state index contributed by atoms with van der Waals surface area (Å²) in [5.74, 6) is -0.000198. The lowest BCUT2D eigenvalue weighted by Crippen LogP contribution is -2.62. The molecule has 2 aliphatic heterocycles. The van der Waals surface area contributed by atoms with Crippen LogP contribution in [0.5, 0.6) is 0 Å². The van der Waals surface area contributed by atoms with Crippen molar-refractivity contribution >= 4 is 21.6 Å². The number of nitrogens with zero attached hydrogens (tertiary/aromatic N) is 5. The summed E-state index contributed by atoms with van der Waals surface area (Å²) in [6.45, 7) is 12.4.